The molecule has 0 aliphatic carbocycles. The monoisotopic (exact) mass is 248 g/mol. The van der Waals surface area contributed by atoms with Crippen LogP contribution < -0.4 is 5.32 Å². The Morgan fingerprint density at radius 1 is 1.33 bits per heavy atom. The summed E-state index contributed by atoms with van der Waals surface area (Å²) in [5.41, 5.74) is 4.29. The molecule has 1 aliphatic heterocycles. The van der Waals surface area contributed by atoms with Crippen LogP contribution in [0.2, 0.25) is 0 Å². The first-order valence-corrected chi connectivity index (χ1v) is 7.25. The van der Waals surface area contributed by atoms with Gasteiger partial charge in [0, 0.05) is 25.3 Å². The van der Waals surface area contributed by atoms with Gasteiger partial charge >= 0.3 is 0 Å². The van der Waals surface area contributed by atoms with Gasteiger partial charge in [0.05, 0.1) is 0 Å². The average molecular weight is 248 g/mol. The molecule has 1 rings (SSSR count). The van der Waals surface area contributed by atoms with Crippen LogP contribution in [0.25, 0.3) is 0 Å². The molecule has 1 aliphatic rings. The standard InChI is InChI=1S/C16H28N2/c1-5-11-18(12-6-2)16(8-4)15-9-10-17-13-14(15)7-3/h7-8,17H,3,5-6,9-13H2,1-2,4H3/b16-8+. The van der Waals surface area contributed by atoms with Crippen molar-refractivity contribution < 1.29 is 0 Å². The largest absolute Gasteiger partial charge is 0.372 e. The second-order valence-corrected chi connectivity index (χ2v) is 4.80. The maximum atomic E-state index is 3.96. The molecular weight excluding hydrogens is 220 g/mol. The molecule has 0 atom stereocenters. The minimum Gasteiger partial charge on any atom is -0.372 e. The van der Waals surface area contributed by atoms with E-state index < -0.39 is 0 Å². The van der Waals surface area contributed by atoms with Crippen molar-refractivity contribution in [1.82, 2.24) is 10.2 Å². The molecule has 0 saturated carbocycles. The quantitative estimate of drug-likeness (QED) is 0.742. The Kier molecular flexibility index (Phi) is 6.81. The second kappa shape index (κ2) is 8.15. The zero-order valence-electron chi connectivity index (χ0n) is 12.3. The van der Waals surface area contributed by atoms with Crippen molar-refractivity contribution in [2.24, 2.45) is 0 Å². The lowest BCUT2D eigenvalue weighted by molar-refractivity contribution is 0.346. The lowest BCUT2D eigenvalue weighted by Crippen LogP contribution is -2.31. The van der Waals surface area contributed by atoms with Crippen molar-refractivity contribution in [2.75, 3.05) is 26.2 Å². The van der Waals surface area contributed by atoms with Gasteiger partial charge in [0.2, 0.25) is 0 Å². The number of hydrogen-bond acceptors (Lipinski definition) is 2. The summed E-state index contributed by atoms with van der Waals surface area (Å²) < 4.78 is 0. The van der Waals surface area contributed by atoms with Crippen LogP contribution in [-0.4, -0.2) is 31.1 Å². The fourth-order valence-corrected chi connectivity index (χ4v) is 2.63. The predicted molar refractivity (Wildman–Crippen MR) is 80.6 cm³/mol. The molecule has 0 aromatic heterocycles. The van der Waals surface area contributed by atoms with E-state index in [1.807, 2.05) is 6.08 Å². The van der Waals surface area contributed by atoms with E-state index in [-0.39, 0.29) is 0 Å². The molecule has 0 fully saturated rings. The molecule has 2 nitrogen and oxygen atoms in total. The predicted octanol–water partition coefficient (Wildman–Crippen LogP) is 3.49. The molecule has 0 unspecified atom stereocenters. The van der Waals surface area contributed by atoms with Crippen molar-refractivity contribution >= 4 is 0 Å². The molecule has 0 spiro atoms. The highest BCUT2D eigenvalue weighted by atomic mass is 15.1. The van der Waals surface area contributed by atoms with E-state index in [1.165, 1.54) is 29.7 Å². The van der Waals surface area contributed by atoms with Gasteiger partial charge in [-0.2, -0.15) is 0 Å². The third-order valence-corrected chi connectivity index (χ3v) is 3.41. The Bertz CT molecular complexity index is 320. The van der Waals surface area contributed by atoms with Crippen molar-refractivity contribution in [3.8, 4) is 0 Å². The van der Waals surface area contributed by atoms with Crippen LogP contribution in [0.4, 0.5) is 0 Å². The van der Waals surface area contributed by atoms with E-state index in [4.69, 9.17) is 0 Å². The van der Waals surface area contributed by atoms with Crippen LogP contribution >= 0.6 is 0 Å². The molecule has 1 heterocycles. The maximum absolute atomic E-state index is 3.96. The van der Waals surface area contributed by atoms with E-state index in [0.717, 1.165) is 32.6 Å². The van der Waals surface area contributed by atoms with E-state index in [2.05, 4.69) is 43.6 Å². The lowest BCUT2D eigenvalue weighted by Gasteiger charge is -2.31. The van der Waals surface area contributed by atoms with Crippen molar-refractivity contribution in [3.63, 3.8) is 0 Å². The van der Waals surface area contributed by atoms with E-state index in [0.29, 0.717) is 0 Å². The first-order chi connectivity index (χ1) is 8.78. The van der Waals surface area contributed by atoms with Gasteiger partial charge in [0.25, 0.3) is 0 Å². The van der Waals surface area contributed by atoms with Crippen molar-refractivity contribution in [3.05, 3.63) is 35.6 Å². The SMILES string of the molecule is C=CC1=C(/C(=C\C)N(CCC)CCC)CCNC1. The van der Waals surface area contributed by atoms with Gasteiger partial charge in [-0.05, 0) is 43.9 Å². The summed E-state index contributed by atoms with van der Waals surface area (Å²) in [5, 5.41) is 3.42. The summed E-state index contributed by atoms with van der Waals surface area (Å²) in [6.45, 7) is 15.0. The van der Waals surface area contributed by atoms with E-state index >= 15 is 0 Å². The van der Waals surface area contributed by atoms with E-state index in [9.17, 15) is 0 Å². The summed E-state index contributed by atoms with van der Waals surface area (Å²) in [6.07, 6.45) is 7.81. The second-order valence-electron chi connectivity index (χ2n) is 4.80. The summed E-state index contributed by atoms with van der Waals surface area (Å²) in [7, 11) is 0. The highest BCUT2D eigenvalue weighted by molar-refractivity contribution is 5.41. The number of nitrogens with zero attached hydrogens (tertiary/aromatic N) is 1. The fraction of sp³-hybridized carbons (Fsp3) is 0.625. The molecule has 0 amide bonds. The van der Waals surface area contributed by atoms with Crippen molar-refractivity contribution in [1.29, 1.82) is 0 Å². The molecule has 102 valence electrons. The first kappa shape index (κ1) is 15.0. The van der Waals surface area contributed by atoms with Crippen LogP contribution in [0.1, 0.15) is 40.0 Å². The van der Waals surface area contributed by atoms with Crippen LogP contribution in [0, 0.1) is 0 Å². The first-order valence-electron chi connectivity index (χ1n) is 7.25. The molecule has 0 aromatic rings. The Hall–Kier alpha value is -1.02. The Morgan fingerprint density at radius 3 is 2.50 bits per heavy atom. The Labute approximate surface area is 112 Å². The molecular formula is C16H28N2. The molecule has 2 heteroatoms. The van der Waals surface area contributed by atoms with Gasteiger partial charge in [-0.3, -0.25) is 0 Å². The molecule has 1 N–H and O–H groups in total. The maximum Gasteiger partial charge on any atom is 0.0359 e. The topological polar surface area (TPSA) is 15.3 Å². The van der Waals surface area contributed by atoms with Crippen LogP contribution in [0.15, 0.2) is 35.6 Å². The van der Waals surface area contributed by atoms with Gasteiger partial charge < -0.3 is 10.2 Å². The summed E-state index contributed by atoms with van der Waals surface area (Å²) >= 11 is 0. The van der Waals surface area contributed by atoms with Crippen molar-refractivity contribution in [2.45, 2.75) is 40.0 Å². The summed E-state index contributed by atoms with van der Waals surface area (Å²) in [6, 6.07) is 0. The summed E-state index contributed by atoms with van der Waals surface area (Å²) in [4.78, 5) is 2.53. The number of nitrogens with one attached hydrogen (secondary N) is 1. The average Bonchev–Trinajstić information content (AvgIpc) is 2.40. The Balaban J connectivity index is 2.99. The van der Waals surface area contributed by atoms with Gasteiger partial charge in [0.15, 0.2) is 0 Å². The van der Waals surface area contributed by atoms with Gasteiger partial charge in [-0.15, -0.1) is 0 Å². The van der Waals surface area contributed by atoms with Gasteiger partial charge in [-0.25, -0.2) is 0 Å². The number of rotatable bonds is 7. The highest BCUT2D eigenvalue weighted by Gasteiger charge is 2.17. The zero-order valence-corrected chi connectivity index (χ0v) is 12.3. The lowest BCUT2D eigenvalue weighted by atomic mass is 9.97. The van der Waals surface area contributed by atoms with Gasteiger partial charge in [0.1, 0.15) is 0 Å². The van der Waals surface area contributed by atoms with Gasteiger partial charge in [-0.1, -0.05) is 32.6 Å². The van der Waals surface area contributed by atoms with E-state index in [1.54, 1.807) is 0 Å². The molecule has 0 bridgehead atoms. The zero-order chi connectivity index (χ0) is 13.4. The normalized spacial score (nSPS) is 16.9. The summed E-state index contributed by atoms with van der Waals surface area (Å²) in [5.74, 6) is 0. The molecule has 0 saturated heterocycles. The van der Waals surface area contributed by atoms with Crippen LogP contribution in [0.5, 0.6) is 0 Å². The Morgan fingerprint density at radius 2 is 2.00 bits per heavy atom. The third-order valence-electron chi connectivity index (χ3n) is 3.41. The van der Waals surface area contributed by atoms with Crippen LogP contribution in [-0.2, 0) is 0 Å². The minimum atomic E-state index is 0.961. The third kappa shape index (κ3) is 3.74. The minimum absolute atomic E-state index is 0.961. The fourth-order valence-electron chi connectivity index (χ4n) is 2.63. The van der Waals surface area contributed by atoms with Crippen LogP contribution in [0.3, 0.4) is 0 Å². The molecule has 18 heavy (non-hydrogen) atoms. The smallest absolute Gasteiger partial charge is 0.0359 e. The molecule has 0 radical (unpaired) electrons. The molecule has 0 aromatic carbocycles. The number of hydrogen-bond donors (Lipinski definition) is 1. The highest BCUT2D eigenvalue weighted by Crippen LogP contribution is 2.25. The number of allylic oxidation sites excluding steroid dienone is 2.